The molecule has 0 heterocycles. The van der Waals surface area contributed by atoms with E-state index in [2.05, 4.69) is 32.9 Å². The Labute approximate surface area is 86.3 Å². The molecule has 0 aliphatic heterocycles. The predicted molar refractivity (Wildman–Crippen MR) is 61.5 cm³/mol. The van der Waals surface area contributed by atoms with Gasteiger partial charge in [0.1, 0.15) is 0 Å². The van der Waals surface area contributed by atoms with E-state index in [0.717, 1.165) is 5.69 Å². The number of nitrogen functional groups attached to an aromatic ring is 1. The first-order chi connectivity index (χ1) is 6.56. The maximum Gasteiger partial charge on any atom is 0.0352 e. The monoisotopic (exact) mass is 189 g/mol. The Hall–Kier alpha value is -0.980. The third-order valence-corrected chi connectivity index (χ3v) is 3.53. The fourth-order valence-electron chi connectivity index (χ4n) is 2.81. The molecule has 0 unspecified atom stereocenters. The van der Waals surface area contributed by atoms with Crippen LogP contribution in [0.25, 0.3) is 0 Å². The van der Waals surface area contributed by atoms with Crippen LogP contribution in [0.4, 0.5) is 5.69 Å². The van der Waals surface area contributed by atoms with Crippen molar-refractivity contribution in [3.63, 3.8) is 0 Å². The van der Waals surface area contributed by atoms with Crippen molar-refractivity contribution >= 4 is 5.69 Å². The Balaban J connectivity index is 2.59. The maximum absolute atomic E-state index is 6.06. The molecule has 0 radical (unpaired) electrons. The molecular weight excluding hydrogens is 170 g/mol. The number of nitrogens with two attached hydrogens (primary N) is 1. The van der Waals surface area contributed by atoms with Crippen molar-refractivity contribution in [1.29, 1.82) is 0 Å². The zero-order valence-corrected chi connectivity index (χ0v) is 9.30. The molecule has 2 N–H and O–H groups in total. The van der Waals surface area contributed by atoms with E-state index in [4.69, 9.17) is 5.73 Å². The van der Waals surface area contributed by atoms with Crippen LogP contribution in [0.3, 0.4) is 0 Å². The quantitative estimate of drug-likeness (QED) is 0.673. The van der Waals surface area contributed by atoms with Crippen LogP contribution in [0.15, 0.2) is 18.2 Å². The second-order valence-electron chi connectivity index (χ2n) is 5.00. The number of rotatable bonds is 1. The van der Waals surface area contributed by atoms with E-state index in [0.29, 0.717) is 11.3 Å². The lowest BCUT2D eigenvalue weighted by Crippen LogP contribution is -2.12. The second kappa shape index (κ2) is 3.01. The van der Waals surface area contributed by atoms with Gasteiger partial charge in [-0.3, -0.25) is 0 Å². The molecule has 0 aromatic heterocycles. The van der Waals surface area contributed by atoms with E-state index >= 15 is 0 Å². The molecule has 2 rings (SSSR count). The number of fused-ring (bicyclic) bond motifs is 1. The molecule has 1 aromatic rings. The fourth-order valence-corrected chi connectivity index (χ4v) is 2.81. The maximum atomic E-state index is 6.06. The van der Waals surface area contributed by atoms with Crippen LogP contribution in [0.2, 0.25) is 0 Å². The average molecular weight is 189 g/mol. The first-order valence-corrected chi connectivity index (χ1v) is 5.45. The summed E-state index contributed by atoms with van der Waals surface area (Å²) < 4.78 is 0. The number of hydrogen-bond acceptors (Lipinski definition) is 1. The molecule has 0 bridgehead atoms. The van der Waals surface area contributed by atoms with E-state index < -0.39 is 0 Å². The topological polar surface area (TPSA) is 26.0 Å². The smallest absolute Gasteiger partial charge is 0.0352 e. The highest BCUT2D eigenvalue weighted by Crippen LogP contribution is 2.49. The molecule has 14 heavy (non-hydrogen) atoms. The van der Waals surface area contributed by atoms with E-state index in [1.54, 1.807) is 0 Å². The molecule has 1 atom stereocenters. The Bertz CT molecular complexity index is 352. The molecule has 1 aliphatic carbocycles. The minimum Gasteiger partial charge on any atom is -0.398 e. The van der Waals surface area contributed by atoms with E-state index in [1.165, 1.54) is 24.0 Å². The third kappa shape index (κ3) is 1.23. The van der Waals surface area contributed by atoms with Gasteiger partial charge in [0.25, 0.3) is 0 Å². The predicted octanol–water partition coefficient (Wildman–Crippen LogP) is 3.44. The second-order valence-corrected chi connectivity index (χ2v) is 5.00. The SMILES string of the molecule is CC[C@@H]1CC(C)(C)c2cccc(N)c21. The minimum absolute atomic E-state index is 0.311. The summed E-state index contributed by atoms with van der Waals surface area (Å²) in [6.07, 6.45) is 2.44. The number of anilines is 1. The largest absolute Gasteiger partial charge is 0.398 e. The number of hydrogen-bond donors (Lipinski definition) is 1. The molecule has 0 amide bonds. The summed E-state index contributed by atoms with van der Waals surface area (Å²) in [5.74, 6) is 0.668. The lowest BCUT2D eigenvalue weighted by atomic mass is 9.86. The molecule has 1 aliphatic rings. The van der Waals surface area contributed by atoms with Crippen LogP contribution < -0.4 is 5.73 Å². The Morgan fingerprint density at radius 3 is 2.79 bits per heavy atom. The lowest BCUT2D eigenvalue weighted by molar-refractivity contribution is 0.469. The van der Waals surface area contributed by atoms with Gasteiger partial charge in [-0.05, 0) is 41.4 Å². The van der Waals surface area contributed by atoms with Gasteiger partial charge in [0.2, 0.25) is 0 Å². The molecule has 0 fully saturated rings. The van der Waals surface area contributed by atoms with Gasteiger partial charge in [0.05, 0.1) is 0 Å². The Kier molecular flexibility index (Phi) is 2.06. The molecule has 1 heteroatoms. The molecule has 1 nitrogen and oxygen atoms in total. The van der Waals surface area contributed by atoms with Crippen molar-refractivity contribution in [2.45, 2.75) is 44.9 Å². The zero-order chi connectivity index (χ0) is 10.3. The first-order valence-electron chi connectivity index (χ1n) is 5.45. The lowest BCUT2D eigenvalue weighted by Gasteiger charge is -2.19. The molecule has 0 spiro atoms. The summed E-state index contributed by atoms with van der Waals surface area (Å²) in [5.41, 5.74) is 10.2. The van der Waals surface area contributed by atoms with Gasteiger partial charge in [-0.25, -0.2) is 0 Å². The highest BCUT2D eigenvalue weighted by molar-refractivity contribution is 5.57. The van der Waals surface area contributed by atoms with Crippen LogP contribution in [0.5, 0.6) is 0 Å². The van der Waals surface area contributed by atoms with Gasteiger partial charge in [0, 0.05) is 5.69 Å². The molecule has 0 saturated carbocycles. The van der Waals surface area contributed by atoms with Gasteiger partial charge in [0.15, 0.2) is 0 Å². The van der Waals surface area contributed by atoms with Crippen LogP contribution in [0, 0.1) is 0 Å². The normalized spacial score (nSPS) is 23.5. The van der Waals surface area contributed by atoms with E-state index in [1.807, 2.05) is 6.07 Å². The van der Waals surface area contributed by atoms with E-state index in [9.17, 15) is 0 Å². The van der Waals surface area contributed by atoms with Crippen LogP contribution in [-0.2, 0) is 5.41 Å². The van der Waals surface area contributed by atoms with Gasteiger partial charge in [-0.1, -0.05) is 32.9 Å². The van der Waals surface area contributed by atoms with E-state index in [-0.39, 0.29) is 0 Å². The summed E-state index contributed by atoms with van der Waals surface area (Å²) in [5, 5.41) is 0. The van der Waals surface area contributed by atoms with Crippen molar-refractivity contribution in [1.82, 2.24) is 0 Å². The highest BCUT2D eigenvalue weighted by atomic mass is 14.6. The summed E-state index contributed by atoms with van der Waals surface area (Å²) >= 11 is 0. The standard InChI is InChI=1S/C13H19N/c1-4-9-8-13(2,3)10-6-5-7-11(14)12(9)10/h5-7,9H,4,8,14H2,1-3H3/t9-/m1/s1. The van der Waals surface area contributed by atoms with Gasteiger partial charge in [-0.15, -0.1) is 0 Å². The van der Waals surface area contributed by atoms with Crippen molar-refractivity contribution in [3.8, 4) is 0 Å². The first kappa shape index (κ1) is 9.57. The average Bonchev–Trinajstić information content (AvgIpc) is 2.40. The molecular formula is C13H19N. The summed E-state index contributed by atoms with van der Waals surface area (Å²) in [7, 11) is 0. The summed E-state index contributed by atoms with van der Waals surface area (Å²) in [4.78, 5) is 0. The van der Waals surface area contributed by atoms with Crippen molar-refractivity contribution in [3.05, 3.63) is 29.3 Å². The zero-order valence-electron chi connectivity index (χ0n) is 9.30. The third-order valence-electron chi connectivity index (χ3n) is 3.53. The van der Waals surface area contributed by atoms with Gasteiger partial charge < -0.3 is 5.73 Å². The van der Waals surface area contributed by atoms with Crippen molar-refractivity contribution in [2.24, 2.45) is 0 Å². The minimum atomic E-state index is 0.311. The van der Waals surface area contributed by atoms with Crippen LogP contribution in [0.1, 0.15) is 50.7 Å². The van der Waals surface area contributed by atoms with Gasteiger partial charge in [-0.2, -0.15) is 0 Å². The number of benzene rings is 1. The van der Waals surface area contributed by atoms with Crippen molar-refractivity contribution < 1.29 is 0 Å². The Morgan fingerprint density at radius 2 is 2.14 bits per heavy atom. The molecule has 76 valence electrons. The van der Waals surface area contributed by atoms with Crippen molar-refractivity contribution in [2.75, 3.05) is 5.73 Å². The summed E-state index contributed by atoms with van der Waals surface area (Å²) in [6.45, 7) is 6.89. The van der Waals surface area contributed by atoms with Crippen LogP contribution in [-0.4, -0.2) is 0 Å². The fraction of sp³-hybridized carbons (Fsp3) is 0.538. The molecule has 0 saturated heterocycles. The molecule has 1 aromatic carbocycles. The summed E-state index contributed by atoms with van der Waals surface area (Å²) in [6, 6.07) is 6.35. The Morgan fingerprint density at radius 1 is 1.43 bits per heavy atom. The van der Waals surface area contributed by atoms with Gasteiger partial charge >= 0.3 is 0 Å². The highest BCUT2D eigenvalue weighted by Gasteiger charge is 2.36. The van der Waals surface area contributed by atoms with Crippen LogP contribution >= 0.6 is 0 Å².